The van der Waals surface area contributed by atoms with Crippen molar-refractivity contribution in [1.29, 1.82) is 0 Å². The molecular formula is C17H26N2O. The summed E-state index contributed by atoms with van der Waals surface area (Å²) < 4.78 is 5.19. The van der Waals surface area contributed by atoms with Crippen molar-refractivity contribution < 1.29 is 4.42 Å². The van der Waals surface area contributed by atoms with E-state index in [2.05, 4.69) is 11.5 Å². The van der Waals surface area contributed by atoms with Crippen LogP contribution in [0.1, 0.15) is 50.5 Å². The maximum atomic E-state index is 5.84. The monoisotopic (exact) mass is 274 g/mol. The zero-order valence-electron chi connectivity index (χ0n) is 12.2. The zero-order valence-corrected chi connectivity index (χ0v) is 12.2. The van der Waals surface area contributed by atoms with Crippen molar-refractivity contribution in [3.63, 3.8) is 0 Å². The van der Waals surface area contributed by atoms with Crippen LogP contribution in [0.2, 0.25) is 0 Å². The van der Waals surface area contributed by atoms with Crippen LogP contribution in [0, 0.1) is 23.2 Å². The van der Waals surface area contributed by atoms with Gasteiger partial charge in [0, 0.05) is 6.04 Å². The largest absolute Gasteiger partial charge is 0.472 e. The van der Waals surface area contributed by atoms with Gasteiger partial charge in [0.25, 0.3) is 0 Å². The first-order chi connectivity index (χ1) is 9.75. The highest BCUT2D eigenvalue weighted by Gasteiger charge is 2.51. The molecule has 1 atom stereocenters. The second-order valence-corrected chi connectivity index (χ2v) is 7.82. The van der Waals surface area contributed by atoms with E-state index in [9.17, 15) is 0 Å². The van der Waals surface area contributed by atoms with Crippen molar-refractivity contribution in [1.82, 2.24) is 5.43 Å². The molecule has 20 heavy (non-hydrogen) atoms. The minimum absolute atomic E-state index is 0.392. The van der Waals surface area contributed by atoms with Gasteiger partial charge in [0.05, 0.1) is 12.5 Å². The van der Waals surface area contributed by atoms with E-state index >= 15 is 0 Å². The fourth-order valence-electron chi connectivity index (χ4n) is 5.95. The molecule has 0 aliphatic heterocycles. The van der Waals surface area contributed by atoms with Crippen molar-refractivity contribution in [3.8, 4) is 0 Å². The van der Waals surface area contributed by atoms with Gasteiger partial charge in [0.2, 0.25) is 0 Å². The van der Waals surface area contributed by atoms with Crippen LogP contribution in [0.25, 0.3) is 0 Å². The van der Waals surface area contributed by atoms with Gasteiger partial charge in [-0.3, -0.25) is 11.3 Å². The Morgan fingerprint density at radius 1 is 1.20 bits per heavy atom. The van der Waals surface area contributed by atoms with E-state index < -0.39 is 0 Å². The van der Waals surface area contributed by atoms with E-state index in [1.165, 1.54) is 50.5 Å². The lowest BCUT2D eigenvalue weighted by Gasteiger charge is -2.57. The molecule has 1 aromatic heterocycles. The van der Waals surface area contributed by atoms with Crippen LogP contribution < -0.4 is 11.3 Å². The van der Waals surface area contributed by atoms with Crippen LogP contribution in [-0.2, 0) is 6.42 Å². The molecule has 1 unspecified atom stereocenters. The zero-order chi connectivity index (χ0) is 13.6. The summed E-state index contributed by atoms with van der Waals surface area (Å²) in [5, 5.41) is 0. The summed E-state index contributed by atoms with van der Waals surface area (Å²) >= 11 is 0. The first-order valence-electron chi connectivity index (χ1n) is 8.22. The summed E-state index contributed by atoms with van der Waals surface area (Å²) in [6, 6.07) is 2.45. The van der Waals surface area contributed by atoms with Crippen LogP contribution >= 0.6 is 0 Å². The summed E-state index contributed by atoms with van der Waals surface area (Å²) in [4.78, 5) is 0. The molecule has 4 aliphatic carbocycles. The molecule has 110 valence electrons. The van der Waals surface area contributed by atoms with E-state index in [4.69, 9.17) is 10.3 Å². The molecule has 3 heteroatoms. The Balaban J connectivity index is 1.46. The minimum Gasteiger partial charge on any atom is -0.472 e. The third kappa shape index (κ3) is 2.31. The van der Waals surface area contributed by atoms with Gasteiger partial charge >= 0.3 is 0 Å². The summed E-state index contributed by atoms with van der Waals surface area (Å²) in [5.41, 5.74) is 4.93. The number of hydrogen-bond acceptors (Lipinski definition) is 3. The Bertz CT molecular complexity index is 418. The second kappa shape index (κ2) is 4.88. The Hall–Kier alpha value is -0.800. The predicted molar refractivity (Wildman–Crippen MR) is 78.7 cm³/mol. The van der Waals surface area contributed by atoms with Crippen LogP contribution in [-0.4, -0.2) is 6.04 Å². The van der Waals surface area contributed by atoms with Gasteiger partial charge < -0.3 is 4.42 Å². The van der Waals surface area contributed by atoms with Crippen LogP contribution in [0.5, 0.6) is 0 Å². The van der Waals surface area contributed by atoms with Gasteiger partial charge in [-0.2, -0.15) is 0 Å². The Labute approximate surface area is 121 Å². The van der Waals surface area contributed by atoms with Gasteiger partial charge in [-0.1, -0.05) is 0 Å². The molecule has 4 aliphatic rings. The number of nitrogens with two attached hydrogens (primary N) is 1. The third-order valence-corrected chi connectivity index (χ3v) is 6.14. The Morgan fingerprint density at radius 3 is 2.35 bits per heavy atom. The Kier molecular flexibility index (Phi) is 3.15. The number of rotatable bonds is 5. The van der Waals surface area contributed by atoms with Crippen molar-refractivity contribution in [3.05, 3.63) is 24.2 Å². The molecule has 4 fully saturated rings. The predicted octanol–water partition coefficient (Wildman–Crippen LogP) is 3.26. The molecule has 4 saturated carbocycles. The number of nitrogens with one attached hydrogen (secondary N) is 1. The lowest BCUT2D eigenvalue weighted by Crippen LogP contribution is -2.50. The van der Waals surface area contributed by atoms with E-state index in [-0.39, 0.29) is 0 Å². The summed E-state index contributed by atoms with van der Waals surface area (Å²) in [6.07, 6.45) is 14.8. The molecule has 0 aromatic carbocycles. The molecule has 1 heterocycles. The fourth-order valence-corrected chi connectivity index (χ4v) is 5.95. The number of hydrazine groups is 1. The van der Waals surface area contributed by atoms with Gasteiger partial charge in [-0.15, -0.1) is 0 Å². The molecule has 4 bridgehead atoms. The molecule has 0 radical (unpaired) electrons. The van der Waals surface area contributed by atoms with Crippen LogP contribution in [0.3, 0.4) is 0 Å². The highest BCUT2D eigenvalue weighted by Crippen LogP contribution is 2.61. The molecule has 0 spiro atoms. The van der Waals surface area contributed by atoms with Crippen LogP contribution in [0.15, 0.2) is 23.0 Å². The number of furan rings is 1. The average molecular weight is 274 g/mol. The topological polar surface area (TPSA) is 51.2 Å². The van der Waals surface area contributed by atoms with E-state index in [1.807, 2.05) is 6.26 Å². The third-order valence-electron chi connectivity index (χ3n) is 6.14. The van der Waals surface area contributed by atoms with Crippen molar-refractivity contribution in [2.45, 2.75) is 57.4 Å². The first-order valence-corrected chi connectivity index (χ1v) is 8.22. The molecule has 5 rings (SSSR count). The second-order valence-electron chi connectivity index (χ2n) is 7.82. The lowest BCUT2D eigenvalue weighted by atomic mass is 9.48. The lowest BCUT2D eigenvalue weighted by molar-refractivity contribution is -0.0620. The van der Waals surface area contributed by atoms with Crippen molar-refractivity contribution in [2.24, 2.45) is 29.0 Å². The maximum Gasteiger partial charge on any atom is 0.0935 e. The van der Waals surface area contributed by atoms with Gasteiger partial charge in [0.1, 0.15) is 0 Å². The van der Waals surface area contributed by atoms with Gasteiger partial charge in [-0.05, 0) is 86.2 Å². The standard InChI is InChI=1S/C17H26N2O/c18-19-16(6-12-1-2-20-11-12)10-17-7-13-3-14(8-17)5-15(4-13)9-17/h1-2,11,13-16,19H,3-10,18H2. The summed E-state index contributed by atoms with van der Waals surface area (Å²) in [5.74, 6) is 8.90. The van der Waals surface area contributed by atoms with E-state index in [1.54, 1.807) is 6.26 Å². The molecule has 3 N–H and O–H groups in total. The quantitative estimate of drug-likeness (QED) is 0.640. The van der Waals surface area contributed by atoms with Crippen molar-refractivity contribution in [2.75, 3.05) is 0 Å². The van der Waals surface area contributed by atoms with Crippen LogP contribution in [0.4, 0.5) is 0 Å². The first kappa shape index (κ1) is 12.9. The normalized spacial score (nSPS) is 40.1. The fraction of sp³-hybridized carbons (Fsp3) is 0.765. The molecule has 0 saturated heterocycles. The van der Waals surface area contributed by atoms with E-state index in [0.29, 0.717) is 11.5 Å². The summed E-state index contributed by atoms with van der Waals surface area (Å²) in [7, 11) is 0. The minimum atomic E-state index is 0.392. The highest BCUT2D eigenvalue weighted by molar-refractivity contribution is 5.09. The van der Waals surface area contributed by atoms with E-state index in [0.717, 1.165) is 24.2 Å². The van der Waals surface area contributed by atoms with Crippen molar-refractivity contribution >= 4 is 0 Å². The molecule has 0 amide bonds. The smallest absolute Gasteiger partial charge is 0.0935 e. The SMILES string of the molecule is NNC(Cc1ccoc1)CC12CC3CC(CC(C3)C1)C2. The maximum absolute atomic E-state index is 5.84. The van der Waals surface area contributed by atoms with Gasteiger partial charge in [-0.25, -0.2) is 0 Å². The Morgan fingerprint density at radius 2 is 1.85 bits per heavy atom. The summed E-state index contributed by atoms with van der Waals surface area (Å²) in [6.45, 7) is 0. The average Bonchev–Trinajstić information content (AvgIpc) is 2.89. The number of hydrogen-bond donors (Lipinski definition) is 2. The molecule has 1 aromatic rings. The molecule has 3 nitrogen and oxygen atoms in total. The van der Waals surface area contributed by atoms with Gasteiger partial charge in [0.15, 0.2) is 0 Å². The highest BCUT2D eigenvalue weighted by atomic mass is 16.3. The molecular weight excluding hydrogens is 248 g/mol.